The molecule has 0 aromatic heterocycles. The van der Waals surface area contributed by atoms with Gasteiger partial charge in [-0.1, -0.05) is 24.3 Å². The van der Waals surface area contributed by atoms with Gasteiger partial charge in [-0.05, 0) is 36.9 Å². The van der Waals surface area contributed by atoms with E-state index in [1.165, 1.54) is 5.56 Å². The molecule has 4 nitrogen and oxygen atoms in total. The average molecular weight is 324 g/mol. The third kappa shape index (κ3) is 4.02. The van der Waals surface area contributed by atoms with Gasteiger partial charge in [-0.2, -0.15) is 0 Å². The van der Waals surface area contributed by atoms with Crippen LogP contribution < -0.4 is 4.74 Å². The molecule has 1 fully saturated rings. The molecule has 4 heteroatoms. The van der Waals surface area contributed by atoms with E-state index < -0.39 is 0 Å². The predicted molar refractivity (Wildman–Crippen MR) is 95.6 cm³/mol. The van der Waals surface area contributed by atoms with Gasteiger partial charge in [-0.25, -0.2) is 0 Å². The average Bonchev–Trinajstić information content (AvgIpc) is 2.64. The van der Waals surface area contributed by atoms with E-state index in [0.717, 1.165) is 44.0 Å². The maximum absolute atomic E-state index is 12.5. The number of hydrogen-bond acceptors (Lipinski definition) is 4. The number of methoxy groups -OCH3 is 1. The Morgan fingerprint density at radius 2 is 1.46 bits per heavy atom. The summed E-state index contributed by atoms with van der Waals surface area (Å²) in [5.41, 5.74) is 2.66. The third-order valence-electron chi connectivity index (χ3n) is 4.57. The second kappa shape index (κ2) is 7.60. The fourth-order valence-corrected chi connectivity index (χ4v) is 2.93. The summed E-state index contributed by atoms with van der Waals surface area (Å²) in [4.78, 5) is 17.3. The Labute approximate surface area is 143 Å². The number of ether oxygens (including phenoxy) is 1. The molecule has 1 saturated heterocycles. The Hall–Kier alpha value is -2.17. The van der Waals surface area contributed by atoms with Crippen LogP contribution in [-0.2, 0) is 6.54 Å². The first-order valence-electron chi connectivity index (χ1n) is 8.34. The maximum Gasteiger partial charge on any atom is 0.193 e. The van der Waals surface area contributed by atoms with E-state index in [0.29, 0.717) is 5.56 Å². The molecule has 2 aromatic carbocycles. The Kier molecular flexibility index (Phi) is 5.28. The number of carbonyl (C=O) groups excluding carboxylic acids is 1. The summed E-state index contributed by atoms with van der Waals surface area (Å²) in [7, 11) is 3.78. The molecule has 0 saturated carbocycles. The van der Waals surface area contributed by atoms with E-state index in [9.17, 15) is 4.79 Å². The largest absolute Gasteiger partial charge is 0.497 e. The molecule has 0 aliphatic carbocycles. The number of rotatable bonds is 5. The van der Waals surface area contributed by atoms with Crippen LogP contribution in [0.15, 0.2) is 48.5 Å². The monoisotopic (exact) mass is 324 g/mol. The maximum atomic E-state index is 12.5. The molecule has 0 amide bonds. The zero-order valence-corrected chi connectivity index (χ0v) is 14.4. The van der Waals surface area contributed by atoms with E-state index in [-0.39, 0.29) is 5.78 Å². The van der Waals surface area contributed by atoms with E-state index in [2.05, 4.69) is 29.0 Å². The summed E-state index contributed by atoms with van der Waals surface area (Å²) >= 11 is 0. The molecular weight excluding hydrogens is 300 g/mol. The van der Waals surface area contributed by atoms with Crippen LogP contribution in [0.2, 0.25) is 0 Å². The summed E-state index contributed by atoms with van der Waals surface area (Å²) in [5, 5.41) is 0. The molecule has 0 unspecified atom stereocenters. The van der Waals surface area contributed by atoms with Gasteiger partial charge in [0.25, 0.3) is 0 Å². The van der Waals surface area contributed by atoms with Gasteiger partial charge in [0.1, 0.15) is 5.75 Å². The lowest BCUT2D eigenvalue weighted by atomic mass is 10.0. The van der Waals surface area contributed by atoms with Crippen LogP contribution >= 0.6 is 0 Å². The molecule has 0 atom stereocenters. The fourth-order valence-electron chi connectivity index (χ4n) is 2.93. The SMILES string of the molecule is COc1ccc(C(=O)c2ccc(CN3CCN(C)CC3)cc2)cc1. The molecule has 3 rings (SSSR count). The minimum absolute atomic E-state index is 0.0452. The molecule has 24 heavy (non-hydrogen) atoms. The van der Waals surface area contributed by atoms with Crippen molar-refractivity contribution in [3.8, 4) is 5.75 Å². The van der Waals surface area contributed by atoms with Gasteiger partial charge in [0.15, 0.2) is 5.78 Å². The first-order valence-corrected chi connectivity index (χ1v) is 8.34. The van der Waals surface area contributed by atoms with Crippen molar-refractivity contribution in [2.24, 2.45) is 0 Å². The minimum Gasteiger partial charge on any atom is -0.497 e. The van der Waals surface area contributed by atoms with Gasteiger partial charge < -0.3 is 9.64 Å². The number of likely N-dealkylation sites (N-methyl/N-ethyl adjacent to an activating group) is 1. The summed E-state index contributed by atoms with van der Waals surface area (Å²) in [6.07, 6.45) is 0. The van der Waals surface area contributed by atoms with Gasteiger partial charge in [0.05, 0.1) is 7.11 Å². The molecule has 0 N–H and O–H groups in total. The van der Waals surface area contributed by atoms with Crippen molar-refractivity contribution in [3.63, 3.8) is 0 Å². The van der Waals surface area contributed by atoms with Crippen LogP contribution in [0.1, 0.15) is 21.5 Å². The number of nitrogens with zero attached hydrogens (tertiary/aromatic N) is 2. The summed E-state index contributed by atoms with van der Waals surface area (Å²) in [5.74, 6) is 0.804. The van der Waals surface area contributed by atoms with Crippen LogP contribution in [0.5, 0.6) is 5.75 Å². The summed E-state index contributed by atoms with van der Waals surface area (Å²) < 4.78 is 5.13. The zero-order chi connectivity index (χ0) is 16.9. The summed E-state index contributed by atoms with van der Waals surface area (Å²) in [6, 6.07) is 15.2. The van der Waals surface area contributed by atoms with Gasteiger partial charge in [0.2, 0.25) is 0 Å². The second-order valence-electron chi connectivity index (χ2n) is 6.33. The fraction of sp³-hybridized carbons (Fsp3) is 0.350. The minimum atomic E-state index is 0.0452. The first-order chi connectivity index (χ1) is 11.7. The Morgan fingerprint density at radius 3 is 2.00 bits per heavy atom. The predicted octanol–water partition coefficient (Wildman–Crippen LogP) is 2.67. The van der Waals surface area contributed by atoms with Crippen LogP contribution in [0.25, 0.3) is 0 Å². The standard InChI is InChI=1S/C20H24N2O2/c1-21-11-13-22(14-12-21)15-16-3-5-17(6-4-16)20(23)18-7-9-19(24-2)10-8-18/h3-10H,11-15H2,1-2H3. The lowest BCUT2D eigenvalue weighted by Gasteiger charge is -2.32. The normalized spacial score (nSPS) is 16.1. The molecular formula is C20H24N2O2. The molecule has 0 bridgehead atoms. The highest BCUT2D eigenvalue weighted by Gasteiger charge is 2.14. The topological polar surface area (TPSA) is 32.8 Å². The lowest BCUT2D eigenvalue weighted by Crippen LogP contribution is -2.43. The van der Waals surface area contributed by atoms with Gasteiger partial charge in [-0.3, -0.25) is 9.69 Å². The Balaban J connectivity index is 1.64. The number of carbonyl (C=O) groups is 1. The lowest BCUT2D eigenvalue weighted by molar-refractivity contribution is 0.103. The van der Waals surface area contributed by atoms with Crippen molar-refractivity contribution in [2.45, 2.75) is 6.54 Å². The highest BCUT2D eigenvalue weighted by Crippen LogP contribution is 2.16. The van der Waals surface area contributed by atoms with Crippen LogP contribution in [0.4, 0.5) is 0 Å². The molecule has 126 valence electrons. The second-order valence-corrected chi connectivity index (χ2v) is 6.33. The number of ketones is 1. The highest BCUT2D eigenvalue weighted by molar-refractivity contribution is 6.09. The van der Waals surface area contributed by atoms with Crippen molar-refractivity contribution in [3.05, 3.63) is 65.2 Å². The zero-order valence-electron chi connectivity index (χ0n) is 14.4. The van der Waals surface area contributed by atoms with Crippen molar-refractivity contribution in [1.29, 1.82) is 0 Å². The van der Waals surface area contributed by atoms with Crippen LogP contribution in [-0.4, -0.2) is 55.9 Å². The molecule has 1 aliphatic heterocycles. The van der Waals surface area contributed by atoms with Crippen molar-refractivity contribution < 1.29 is 9.53 Å². The Morgan fingerprint density at radius 1 is 0.917 bits per heavy atom. The van der Waals surface area contributed by atoms with E-state index >= 15 is 0 Å². The van der Waals surface area contributed by atoms with E-state index in [1.807, 2.05) is 24.3 Å². The van der Waals surface area contributed by atoms with Crippen LogP contribution in [0.3, 0.4) is 0 Å². The highest BCUT2D eigenvalue weighted by atomic mass is 16.5. The van der Waals surface area contributed by atoms with Crippen LogP contribution in [0, 0.1) is 0 Å². The molecule has 0 spiro atoms. The number of hydrogen-bond donors (Lipinski definition) is 0. The van der Waals surface area contributed by atoms with Crippen molar-refractivity contribution in [2.75, 3.05) is 40.3 Å². The number of piperazine rings is 1. The number of benzene rings is 2. The first kappa shape index (κ1) is 16.7. The smallest absolute Gasteiger partial charge is 0.193 e. The Bertz CT molecular complexity index is 672. The van der Waals surface area contributed by atoms with E-state index in [1.54, 1.807) is 19.2 Å². The van der Waals surface area contributed by atoms with E-state index in [4.69, 9.17) is 4.74 Å². The molecule has 0 radical (unpaired) electrons. The summed E-state index contributed by atoms with van der Waals surface area (Å²) in [6.45, 7) is 5.39. The van der Waals surface area contributed by atoms with Gasteiger partial charge >= 0.3 is 0 Å². The molecule has 2 aromatic rings. The molecule has 1 heterocycles. The van der Waals surface area contributed by atoms with Crippen molar-refractivity contribution >= 4 is 5.78 Å². The molecule has 1 aliphatic rings. The van der Waals surface area contributed by atoms with Crippen molar-refractivity contribution in [1.82, 2.24) is 9.80 Å². The van der Waals surface area contributed by atoms with Gasteiger partial charge in [-0.15, -0.1) is 0 Å². The van der Waals surface area contributed by atoms with Gasteiger partial charge in [0, 0.05) is 43.9 Å². The third-order valence-corrected chi connectivity index (χ3v) is 4.57. The quantitative estimate of drug-likeness (QED) is 0.792.